The van der Waals surface area contributed by atoms with Crippen molar-refractivity contribution in [2.24, 2.45) is 0 Å². The first-order valence-electron chi connectivity index (χ1n) is 11.3. The topological polar surface area (TPSA) is 119 Å². The van der Waals surface area contributed by atoms with Crippen LogP contribution in [0.5, 0.6) is 5.75 Å². The molecule has 1 N–H and O–H groups in total. The van der Waals surface area contributed by atoms with E-state index in [-0.39, 0.29) is 48.5 Å². The third-order valence-electron chi connectivity index (χ3n) is 6.06. The van der Waals surface area contributed by atoms with Gasteiger partial charge in [-0.2, -0.15) is 0 Å². The summed E-state index contributed by atoms with van der Waals surface area (Å²) in [6.45, 7) is 1.91. The Morgan fingerprint density at radius 3 is 2.53 bits per heavy atom. The fourth-order valence-electron chi connectivity index (χ4n) is 4.25. The lowest BCUT2D eigenvalue weighted by Gasteiger charge is -2.24. The molecule has 0 spiro atoms. The summed E-state index contributed by atoms with van der Waals surface area (Å²) in [7, 11) is -2.41. The van der Waals surface area contributed by atoms with E-state index >= 15 is 0 Å². The van der Waals surface area contributed by atoms with Crippen molar-refractivity contribution >= 4 is 27.3 Å². The van der Waals surface area contributed by atoms with E-state index in [1.807, 2.05) is 6.92 Å². The number of nitrogens with one attached hydrogen (secondary N) is 1. The summed E-state index contributed by atoms with van der Waals surface area (Å²) in [5, 5.41) is 14.2. The molecular formula is C24H31N3O6S. The Balaban J connectivity index is 1.64. The van der Waals surface area contributed by atoms with E-state index in [0.717, 1.165) is 35.0 Å². The molecule has 0 saturated heterocycles. The van der Waals surface area contributed by atoms with Crippen LogP contribution in [0.1, 0.15) is 55.3 Å². The van der Waals surface area contributed by atoms with Crippen LogP contribution in [0.3, 0.4) is 0 Å². The van der Waals surface area contributed by atoms with Gasteiger partial charge >= 0.3 is 0 Å². The number of aryl methyl sites for hydroxylation is 2. The highest BCUT2D eigenvalue weighted by Gasteiger charge is 2.24. The molecule has 1 aliphatic carbocycles. The Morgan fingerprint density at radius 1 is 1.18 bits per heavy atom. The van der Waals surface area contributed by atoms with Crippen LogP contribution < -0.4 is 14.4 Å². The summed E-state index contributed by atoms with van der Waals surface area (Å²) in [6, 6.07) is 9.97. The predicted molar refractivity (Wildman–Crippen MR) is 131 cm³/mol. The van der Waals surface area contributed by atoms with E-state index in [1.165, 1.54) is 43.2 Å². The number of methoxy groups -OCH3 is 1. The maximum absolute atomic E-state index is 12.6. The van der Waals surface area contributed by atoms with Crippen molar-refractivity contribution < 1.29 is 22.9 Å². The third kappa shape index (κ3) is 6.25. The third-order valence-corrected chi connectivity index (χ3v) is 7.24. The zero-order valence-corrected chi connectivity index (χ0v) is 20.6. The number of nitro groups is 1. The molecule has 1 atom stereocenters. The van der Waals surface area contributed by atoms with E-state index in [1.54, 1.807) is 0 Å². The summed E-state index contributed by atoms with van der Waals surface area (Å²) in [4.78, 5) is 23.1. The van der Waals surface area contributed by atoms with Gasteiger partial charge in [0.25, 0.3) is 5.69 Å². The number of nitrogens with zero attached hydrogens (tertiary/aromatic N) is 2. The molecule has 1 amide bonds. The summed E-state index contributed by atoms with van der Waals surface area (Å²) in [5.41, 5.74) is 3.60. The number of carbonyl (C=O) groups excluding carboxylic acids is 1. The van der Waals surface area contributed by atoms with Crippen LogP contribution >= 0.6 is 0 Å². The molecule has 9 nitrogen and oxygen atoms in total. The van der Waals surface area contributed by atoms with Gasteiger partial charge in [0.05, 0.1) is 24.3 Å². The van der Waals surface area contributed by atoms with Crippen molar-refractivity contribution in [2.45, 2.75) is 51.5 Å². The fraction of sp³-hybridized carbons (Fsp3) is 0.458. The number of hydrogen-bond acceptors (Lipinski definition) is 6. The molecule has 0 aliphatic heterocycles. The maximum Gasteiger partial charge on any atom is 0.271 e. The van der Waals surface area contributed by atoms with Crippen LogP contribution in [0.15, 0.2) is 36.4 Å². The predicted octanol–water partition coefficient (Wildman–Crippen LogP) is 3.91. The summed E-state index contributed by atoms with van der Waals surface area (Å²) < 4.78 is 31.1. The molecule has 2 aromatic rings. The number of sulfonamides is 1. The van der Waals surface area contributed by atoms with Crippen LogP contribution in [-0.2, 0) is 27.7 Å². The quantitative estimate of drug-likeness (QED) is 0.399. The molecule has 0 saturated carbocycles. The van der Waals surface area contributed by atoms with E-state index < -0.39 is 14.9 Å². The number of carbonyl (C=O) groups is 1. The monoisotopic (exact) mass is 489 g/mol. The van der Waals surface area contributed by atoms with Gasteiger partial charge in [0, 0.05) is 25.1 Å². The summed E-state index contributed by atoms with van der Waals surface area (Å²) in [6.07, 6.45) is 5.92. The van der Waals surface area contributed by atoms with Crippen molar-refractivity contribution in [3.8, 4) is 5.75 Å². The second-order valence-corrected chi connectivity index (χ2v) is 10.5. The van der Waals surface area contributed by atoms with Crippen LogP contribution in [-0.4, -0.2) is 39.2 Å². The molecule has 0 radical (unpaired) electrons. The molecule has 0 fully saturated rings. The Hall–Kier alpha value is -3.14. The zero-order valence-electron chi connectivity index (χ0n) is 19.7. The van der Waals surface area contributed by atoms with Crippen molar-refractivity contribution in [3.05, 3.63) is 63.2 Å². The van der Waals surface area contributed by atoms with Crippen molar-refractivity contribution in [1.82, 2.24) is 5.32 Å². The molecule has 184 valence electrons. The maximum atomic E-state index is 12.6. The standard InChI is InChI=1S/C24H31N3O6S/c1-17(19-11-10-18-7-4-5-8-20(18)15-19)25-24(28)9-6-14-26(34(3,31)32)22-16-21(27(29)30)12-13-23(22)33-2/h10-13,15-17H,4-9,14H2,1-3H3,(H,25,28)/t17-/m0/s1. The highest BCUT2D eigenvalue weighted by Crippen LogP contribution is 2.34. The molecule has 2 aromatic carbocycles. The Bertz CT molecular complexity index is 1170. The van der Waals surface area contributed by atoms with Gasteiger partial charge in [0.15, 0.2) is 0 Å². The highest BCUT2D eigenvalue weighted by molar-refractivity contribution is 7.92. The number of amides is 1. The molecule has 34 heavy (non-hydrogen) atoms. The Labute approximate surface area is 200 Å². The lowest BCUT2D eigenvalue weighted by atomic mass is 9.89. The second kappa shape index (κ2) is 10.9. The smallest absolute Gasteiger partial charge is 0.271 e. The number of hydrogen-bond donors (Lipinski definition) is 1. The zero-order chi connectivity index (χ0) is 24.9. The van der Waals surface area contributed by atoms with Gasteiger partial charge in [-0.15, -0.1) is 0 Å². The first kappa shape index (κ1) is 25.5. The van der Waals surface area contributed by atoms with Gasteiger partial charge in [-0.05, 0) is 61.8 Å². The van der Waals surface area contributed by atoms with Gasteiger partial charge < -0.3 is 10.1 Å². The Kier molecular flexibility index (Phi) is 8.14. The highest BCUT2D eigenvalue weighted by atomic mass is 32.2. The number of nitro benzene ring substituents is 1. The van der Waals surface area contributed by atoms with E-state index in [2.05, 4.69) is 23.5 Å². The van der Waals surface area contributed by atoms with Gasteiger partial charge in [-0.3, -0.25) is 19.2 Å². The minimum atomic E-state index is -3.77. The van der Waals surface area contributed by atoms with E-state index in [9.17, 15) is 23.3 Å². The largest absolute Gasteiger partial charge is 0.495 e. The van der Waals surface area contributed by atoms with Crippen LogP contribution in [0.2, 0.25) is 0 Å². The van der Waals surface area contributed by atoms with E-state index in [4.69, 9.17) is 4.74 Å². The van der Waals surface area contributed by atoms with Gasteiger partial charge in [-0.1, -0.05) is 18.2 Å². The van der Waals surface area contributed by atoms with Crippen molar-refractivity contribution in [2.75, 3.05) is 24.2 Å². The number of anilines is 1. The van der Waals surface area contributed by atoms with Crippen molar-refractivity contribution in [3.63, 3.8) is 0 Å². The number of non-ortho nitro benzene ring substituents is 1. The second-order valence-electron chi connectivity index (χ2n) is 8.58. The van der Waals surface area contributed by atoms with Gasteiger partial charge in [0.2, 0.25) is 15.9 Å². The molecule has 3 rings (SSSR count). The normalized spacial score (nSPS) is 14.1. The number of rotatable bonds is 10. The summed E-state index contributed by atoms with van der Waals surface area (Å²) >= 11 is 0. The first-order chi connectivity index (χ1) is 16.1. The minimum absolute atomic E-state index is 0.0169. The van der Waals surface area contributed by atoms with Crippen molar-refractivity contribution in [1.29, 1.82) is 0 Å². The fourth-order valence-corrected chi connectivity index (χ4v) is 5.22. The van der Waals surface area contributed by atoms with Crippen LogP contribution in [0.4, 0.5) is 11.4 Å². The summed E-state index contributed by atoms with van der Waals surface area (Å²) in [5.74, 6) is 0.00573. The first-order valence-corrected chi connectivity index (χ1v) is 13.2. The number of ether oxygens (including phenoxy) is 1. The van der Waals surface area contributed by atoms with Crippen LogP contribution in [0.25, 0.3) is 0 Å². The van der Waals surface area contributed by atoms with Crippen LogP contribution in [0, 0.1) is 10.1 Å². The average Bonchev–Trinajstić information content (AvgIpc) is 2.80. The molecule has 0 heterocycles. The van der Waals surface area contributed by atoms with E-state index in [0.29, 0.717) is 0 Å². The molecular weight excluding hydrogens is 458 g/mol. The molecule has 1 aliphatic rings. The number of benzene rings is 2. The lowest BCUT2D eigenvalue weighted by Crippen LogP contribution is -2.33. The van der Waals surface area contributed by atoms with Gasteiger partial charge in [0.1, 0.15) is 11.4 Å². The molecule has 0 bridgehead atoms. The molecule has 10 heteroatoms. The van der Waals surface area contributed by atoms with Gasteiger partial charge in [-0.25, -0.2) is 8.42 Å². The minimum Gasteiger partial charge on any atom is -0.495 e. The molecule has 0 unspecified atom stereocenters. The lowest BCUT2D eigenvalue weighted by molar-refractivity contribution is -0.384. The number of fused-ring (bicyclic) bond motifs is 1. The average molecular weight is 490 g/mol. The molecule has 0 aromatic heterocycles. The Morgan fingerprint density at radius 2 is 1.88 bits per heavy atom. The SMILES string of the molecule is COc1ccc([N+](=O)[O-])cc1N(CCCC(=O)N[C@@H](C)c1ccc2c(c1)CCCC2)S(C)(=O)=O.